The summed E-state index contributed by atoms with van der Waals surface area (Å²) < 4.78 is 5.46. The van der Waals surface area contributed by atoms with E-state index in [0.717, 1.165) is 39.3 Å². The standard InChI is InChI=1S/C10H24N4O/c1-3-14(4-2)7-9-15-8-5-6-13-10(11)12/h3-9H2,1-2H3,(H4,11,12,13). The van der Waals surface area contributed by atoms with Gasteiger partial charge in [-0.15, -0.1) is 0 Å². The van der Waals surface area contributed by atoms with E-state index in [9.17, 15) is 0 Å². The minimum atomic E-state index is 0.151. The third kappa shape index (κ3) is 9.49. The Morgan fingerprint density at radius 2 is 1.87 bits per heavy atom. The summed E-state index contributed by atoms with van der Waals surface area (Å²) in [5, 5.41) is 0. The summed E-state index contributed by atoms with van der Waals surface area (Å²) in [6.45, 7) is 9.61. The van der Waals surface area contributed by atoms with Crippen LogP contribution >= 0.6 is 0 Å². The number of ether oxygens (including phenoxy) is 1. The maximum atomic E-state index is 5.46. The Bertz CT molecular complexity index is 165. The Morgan fingerprint density at radius 3 is 2.40 bits per heavy atom. The topological polar surface area (TPSA) is 76.9 Å². The summed E-state index contributed by atoms with van der Waals surface area (Å²) in [5.41, 5.74) is 10.4. The van der Waals surface area contributed by atoms with E-state index in [1.807, 2.05) is 0 Å². The quantitative estimate of drug-likeness (QED) is 0.323. The highest BCUT2D eigenvalue weighted by atomic mass is 16.5. The molecular formula is C10H24N4O. The van der Waals surface area contributed by atoms with E-state index in [2.05, 4.69) is 23.7 Å². The normalized spacial score (nSPS) is 10.6. The first-order valence-corrected chi connectivity index (χ1v) is 5.56. The highest BCUT2D eigenvalue weighted by molar-refractivity contribution is 5.75. The van der Waals surface area contributed by atoms with Crippen molar-refractivity contribution in [1.82, 2.24) is 4.90 Å². The molecule has 0 aromatic rings. The van der Waals surface area contributed by atoms with Crippen molar-refractivity contribution in [3.05, 3.63) is 0 Å². The fourth-order valence-corrected chi connectivity index (χ4v) is 1.21. The second kappa shape index (κ2) is 9.73. The van der Waals surface area contributed by atoms with Gasteiger partial charge < -0.3 is 21.1 Å². The lowest BCUT2D eigenvalue weighted by molar-refractivity contribution is 0.106. The molecule has 0 heterocycles. The molecule has 0 rings (SSSR count). The van der Waals surface area contributed by atoms with E-state index in [4.69, 9.17) is 16.2 Å². The highest BCUT2D eigenvalue weighted by Gasteiger charge is 1.97. The van der Waals surface area contributed by atoms with Gasteiger partial charge in [0, 0.05) is 19.7 Å². The fraction of sp³-hybridized carbons (Fsp3) is 0.900. The zero-order valence-electron chi connectivity index (χ0n) is 9.91. The van der Waals surface area contributed by atoms with Gasteiger partial charge in [-0.25, -0.2) is 0 Å². The molecule has 5 nitrogen and oxygen atoms in total. The summed E-state index contributed by atoms with van der Waals surface area (Å²) >= 11 is 0. The first-order valence-electron chi connectivity index (χ1n) is 5.56. The summed E-state index contributed by atoms with van der Waals surface area (Å²) in [6.07, 6.45) is 0.871. The molecule has 0 saturated carbocycles. The van der Waals surface area contributed by atoms with Gasteiger partial charge in [0.05, 0.1) is 6.61 Å². The SMILES string of the molecule is CCN(CC)CCOCCCN=C(N)N. The molecule has 0 aliphatic heterocycles. The maximum absolute atomic E-state index is 5.46. The van der Waals surface area contributed by atoms with Crippen LogP contribution in [0.25, 0.3) is 0 Å². The first-order chi connectivity index (χ1) is 7.20. The van der Waals surface area contributed by atoms with Crippen molar-refractivity contribution in [3.8, 4) is 0 Å². The minimum absolute atomic E-state index is 0.151. The van der Waals surface area contributed by atoms with Crippen LogP contribution < -0.4 is 11.5 Å². The van der Waals surface area contributed by atoms with Crippen LogP contribution in [-0.4, -0.2) is 50.3 Å². The molecule has 4 N–H and O–H groups in total. The number of nitrogens with two attached hydrogens (primary N) is 2. The predicted molar refractivity (Wildman–Crippen MR) is 63.9 cm³/mol. The summed E-state index contributed by atoms with van der Waals surface area (Å²) in [4.78, 5) is 6.20. The number of likely N-dealkylation sites (N-methyl/N-ethyl adjacent to an activating group) is 1. The maximum Gasteiger partial charge on any atom is 0.185 e. The molecule has 0 saturated heterocycles. The molecule has 90 valence electrons. The number of hydrogen-bond donors (Lipinski definition) is 2. The van der Waals surface area contributed by atoms with Crippen molar-refractivity contribution in [2.75, 3.05) is 39.4 Å². The zero-order chi connectivity index (χ0) is 11.5. The lowest BCUT2D eigenvalue weighted by atomic mass is 10.4. The molecule has 0 bridgehead atoms. The monoisotopic (exact) mass is 216 g/mol. The van der Waals surface area contributed by atoms with Crippen LogP contribution in [-0.2, 0) is 4.74 Å². The average Bonchev–Trinajstić information content (AvgIpc) is 2.22. The van der Waals surface area contributed by atoms with Crippen LogP contribution in [0.3, 0.4) is 0 Å². The Labute approximate surface area is 92.5 Å². The Kier molecular flexibility index (Phi) is 9.21. The van der Waals surface area contributed by atoms with E-state index >= 15 is 0 Å². The molecule has 5 heteroatoms. The van der Waals surface area contributed by atoms with Crippen molar-refractivity contribution in [2.45, 2.75) is 20.3 Å². The Morgan fingerprint density at radius 1 is 1.20 bits per heavy atom. The van der Waals surface area contributed by atoms with Crippen LogP contribution in [0.5, 0.6) is 0 Å². The largest absolute Gasteiger partial charge is 0.380 e. The van der Waals surface area contributed by atoms with Crippen molar-refractivity contribution in [2.24, 2.45) is 16.5 Å². The summed E-state index contributed by atoms with van der Waals surface area (Å²) in [5.74, 6) is 0.151. The molecular weight excluding hydrogens is 192 g/mol. The van der Waals surface area contributed by atoms with Gasteiger partial charge in [-0.05, 0) is 19.5 Å². The summed E-state index contributed by atoms with van der Waals surface area (Å²) in [6, 6.07) is 0. The van der Waals surface area contributed by atoms with Gasteiger partial charge in [-0.1, -0.05) is 13.8 Å². The number of nitrogens with zero attached hydrogens (tertiary/aromatic N) is 2. The third-order valence-corrected chi connectivity index (χ3v) is 2.19. The van der Waals surface area contributed by atoms with Crippen LogP contribution in [0.1, 0.15) is 20.3 Å². The minimum Gasteiger partial charge on any atom is -0.380 e. The van der Waals surface area contributed by atoms with Crippen molar-refractivity contribution in [1.29, 1.82) is 0 Å². The van der Waals surface area contributed by atoms with E-state index in [-0.39, 0.29) is 5.96 Å². The number of rotatable bonds is 9. The van der Waals surface area contributed by atoms with Crippen LogP contribution in [0.15, 0.2) is 4.99 Å². The highest BCUT2D eigenvalue weighted by Crippen LogP contribution is 1.89. The average molecular weight is 216 g/mol. The fourth-order valence-electron chi connectivity index (χ4n) is 1.21. The molecule has 0 unspecified atom stereocenters. The van der Waals surface area contributed by atoms with Gasteiger partial charge in [-0.2, -0.15) is 0 Å². The predicted octanol–water partition coefficient (Wildman–Crippen LogP) is 0.00830. The molecule has 0 aromatic carbocycles. The van der Waals surface area contributed by atoms with Crippen LogP contribution in [0.2, 0.25) is 0 Å². The second-order valence-corrected chi connectivity index (χ2v) is 3.30. The van der Waals surface area contributed by atoms with Gasteiger partial charge in [0.15, 0.2) is 5.96 Å². The van der Waals surface area contributed by atoms with Gasteiger partial charge in [0.1, 0.15) is 0 Å². The Hall–Kier alpha value is -0.810. The van der Waals surface area contributed by atoms with Crippen molar-refractivity contribution >= 4 is 5.96 Å². The van der Waals surface area contributed by atoms with E-state index in [0.29, 0.717) is 6.54 Å². The zero-order valence-corrected chi connectivity index (χ0v) is 9.91. The van der Waals surface area contributed by atoms with E-state index in [1.165, 1.54) is 0 Å². The summed E-state index contributed by atoms with van der Waals surface area (Å²) in [7, 11) is 0. The number of hydrogen-bond acceptors (Lipinski definition) is 3. The molecule has 0 aromatic heterocycles. The van der Waals surface area contributed by atoms with Crippen molar-refractivity contribution in [3.63, 3.8) is 0 Å². The van der Waals surface area contributed by atoms with Gasteiger partial charge >= 0.3 is 0 Å². The number of guanidine groups is 1. The number of aliphatic imine (C=N–C) groups is 1. The van der Waals surface area contributed by atoms with Crippen LogP contribution in [0, 0.1) is 0 Å². The van der Waals surface area contributed by atoms with Crippen LogP contribution in [0.4, 0.5) is 0 Å². The lowest BCUT2D eigenvalue weighted by Gasteiger charge is -2.17. The molecule has 0 spiro atoms. The molecule has 0 fully saturated rings. The van der Waals surface area contributed by atoms with Gasteiger partial charge in [0.25, 0.3) is 0 Å². The van der Waals surface area contributed by atoms with Gasteiger partial charge in [0.2, 0.25) is 0 Å². The van der Waals surface area contributed by atoms with Crippen molar-refractivity contribution < 1.29 is 4.74 Å². The molecule has 0 radical (unpaired) electrons. The lowest BCUT2D eigenvalue weighted by Crippen LogP contribution is -2.27. The van der Waals surface area contributed by atoms with E-state index in [1.54, 1.807) is 0 Å². The van der Waals surface area contributed by atoms with Gasteiger partial charge in [-0.3, -0.25) is 4.99 Å². The molecule has 0 atom stereocenters. The first kappa shape index (κ1) is 14.2. The molecule has 15 heavy (non-hydrogen) atoms. The van der Waals surface area contributed by atoms with E-state index < -0.39 is 0 Å². The third-order valence-electron chi connectivity index (χ3n) is 2.19. The Balaban J connectivity index is 3.21. The molecule has 0 aliphatic carbocycles. The smallest absolute Gasteiger partial charge is 0.185 e. The molecule has 0 amide bonds. The second-order valence-electron chi connectivity index (χ2n) is 3.30. The molecule has 0 aliphatic rings.